The van der Waals surface area contributed by atoms with Gasteiger partial charge in [0.1, 0.15) is 0 Å². The number of imide groups is 1. The van der Waals surface area contributed by atoms with Crippen LogP contribution in [0, 0.1) is 5.92 Å². The average Bonchev–Trinajstić information content (AvgIpc) is 3.28. The van der Waals surface area contributed by atoms with Gasteiger partial charge in [-0.15, -0.1) is 12.4 Å². The zero-order valence-corrected chi connectivity index (χ0v) is 16.4. The maximum absolute atomic E-state index is 13.5. The van der Waals surface area contributed by atoms with Crippen molar-refractivity contribution >= 4 is 24.3 Å². The summed E-state index contributed by atoms with van der Waals surface area (Å²) in [4.78, 5) is 36.1. The number of nitrogens with one attached hydrogen (secondary N) is 2. The van der Waals surface area contributed by atoms with E-state index in [1.807, 2.05) is 13.0 Å². The Hall–Kier alpha value is -2.52. The minimum atomic E-state index is -1.15. The Balaban J connectivity index is 0.00000225. The van der Waals surface area contributed by atoms with E-state index in [1.165, 1.54) is 4.90 Å². The lowest BCUT2D eigenvalue weighted by atomic mass is 9.75. The summed E-state index contributed by atoms with van der Waals surface area (Å²) in [5.41, 5.74) is -0.585. The van der Waals surface area contributed by atoms with Crippen molar-refractivity contribution in [2.45, 2.75) is 38.3 Å². The van der Waals surface area contributed by atoms with E-state index in [9.17, 15) is 9.59 Å². The van der Waals surface area contributed by atoms with Gasteiger partial charge in [-0.3, -0.25) is 14.7 Å². The molecule has 2 N–H and O–H groups in total. The van der Waals surface area contributed by atoms with Gasteiger partial charge in [0.05, 0.1) is 12.2 Å². The number of pyridine rings is 1. The molecule has 2 aliphatic heterocycles. The fourth-order valence-electron chi connectivity index (χ4n) is 3.89. The smallest absolute Gasteiger partial charge is 0.325 e. The van der Waals surface area contributed by atoms with Gasteiger partial charge in [-0.25, -0.2) is 4.79 Å². The lowest BCUT2D eigenvalue weighted by Crippen LogP contribution is -2.53. The van der Waals surface area contributed by atoms with Crippen LogP contribution in [0.4, 0.5) is 4.79 Å². The number of hydrogen-bond donors (Lipinski definition) is 2. The molecule has 150 valence electrons. The number of amides is 3. The zero-order valence-electron chi connectivity index (χ0n) is 15.6. The van der Waals surface area contributed by atoms with Crippen LogP contribution >= 0.6 is 12.4 Å². The van der Waals surface area contributed by atoms with Gasteiger partial charge in [0.2, 0.25) is 5.89 Å². The normalized spacial score (nSPS) is 22.8. The van der Waals surface area contributed by atoms with E-state index in [1.54, 1.807) is 18.3 Å². The Labute approximate surface area is 168 Å². The first-order chi connectivity index (χ1) is 13.1. The molecule has 0 saturated carbocycles. The van der Waals surface area contributed by atoms with Crippen molar-refractivity contribution in [3.8, 4) is 0 Å². The third kappa shape index (κ3) is 3.35. The Morgan fingerprint density at radius 1 is 1.29 bits per heavy atom. The molecule has 0 spiro atoms. The lowest BCUT2D eigenvalue weighted by Gasteiger charge is -2.37. The molecule has 0 aromatic carbocycles. The van der Waals surface area contributed by atoms with Gasteiger partial charge in [0.15, 0.2) is 11.4 Å². The lowest BCUT2D eigenvalue weighted by molar-refractivity contribution is -0.134. The van der Waals surface area contributed by atoms with E-state index in [4.69, 9.17) is 4.52 Å². The molecule has 1 unspecified atom stereocenters. The maximum atomic E-state index is 13.5. The predicted molar refractivity (Wildman–Crippen MR) is 102 cm³/mol. The topological polar surface area (TPSA) is 113 Å². The second-order valence-electron chi connectivity index (χ2n) is 6.83. The fraction of sp³-hybridized carbons (Fsp3) is 0.500. The number of hydrogen-bond acceptors (Lipinski definition) is 7. The summed E-state index contributed by atoms with van der Waals surface area (Å²) in [7, 11) is 0. The van der Waals surface area contributed by atoms with Crippen LogP contribution in [0.5, 0.6) is 0 Å². The summed E-state index contributed by atoms with van der Waals surface area (Å²) in [6, 6.07) is 4.98. The van der Waals surface area contributed by atoms with Crippen LogP contribution in [0.2, 0.25) is 0 Å². The number of piperidine rings is 1. The van der Waals surface area contributed by atoms with Gasteiger partial charge in [0.25, 0.3) is 5.91 Å². The highest BCUT2D eigenvalue weighted by atomic mass is 35.5. The van der Waals surface area contributed by atoms with Crippen LogP contribution in [0.1, 0.15) is 37.2 Å². The van der Waals surface area contributed by atoms with Crippen LogP contribution in [-0.2, 0) is 23.3 Å². The van der Waals surface area contributed by atoms with Crippen molar-refractivity contribution in [1.29, 1.82) is 0 Å². The molecule has 0 aliphatic carbocycles. The van der Waals surface area contributed by atoms with Gasteiger partial charge in [-0.05, 0) is 44.0 Å². The Bertz CT molecular complexity index is 839. The fourth-order valence-corrected chi connectivity index (χ4v) is 3.89. The summed E-state index contributed by atoms with van der Waals surface area (Å²) in [5.74, 6) is 0.455. The van der Waals surface area contributed by atoms with Crippen molar-refractivity contribution in [2.24, 2.45) is 5.92 Å². The Kier molecular flexibility index (Phi) is 5.95. The predicted octanol–water partition coefficient (Wildman–Crippen LogP) is 1.40. The molecule has 2 aromatic heterocycles. The Morgan fingerprint density at radius 3 is 2.71 bits per heavy atom. The molecule has 10 heteroatoms. The summed E-state index contributed by atoms with van der Waals surface area (Å²) in [6.07, 6.45) is 3.80. The maximum Gasteiger partial charge on any atom is 0.325 e. The second-order valence-corrected chi connectivity index (χ2v) is 6.83. The molecule has 2 saturated heterocycles. The third-order valence-electron chi connectivity index (χ3n) is 5.26. The highest BCUT2D eigenvalue weighted by molar-refractivity contribution is 6.07. The van der Waals surface area contributed by atoms with Crippen LogP contribution < -0.4 is 10.6 Å². The minimum Gasteiger partial charge on any atom is -0.339 e. The van der Waals surface area contributed by atoms with Gasteiger partial charge < -0.3 is 15.2 Å². The van der Waals surface area contributed by atoms with Gasteiger partial charge >= 0.3 is 6.03 Å². The number of nitrogens with zero attached hydrogens (tertiary/aromatic N) is 4. The summed E-state index contributed by atoms with van der Waals surface area (Å²) in [6.45, 7) is 3.47. The molecule has 2 fully saturated rings. The number of aryl methyl sites for hydroxylation is 1. The Morgan fingerprint density at radius 2 is 2.07 bits per heavy atom. The molecule has 4 rings (SSSR count). The second kappa shape index (κ2) is 8.24. The summed E-state index contributed by atoms with van der Waals surface area (Å²) < 4.78 is 5.10. The van der Waals surface area contributed by atoms with Gasteiger partial charge in [-0.1, -0.05) is 18.1 Å². The highest BCUT2D eigenvalue weighted by Crippen LogP contribution is 2.39. The molecule has 9 nitrogen and oxygen atoms in total. The van der Waals surface area contributed by atoms with Gasteiger partial charge in [0, 0.05) is 12.6 Å². The standard InChI is InChI=1S/C18H22N6O3.ClH/c1-2-15-21-14(23-27-15)11-24-16(25)18(22-17(24)26,12-6-9-19-10-7-12)13-5-3-4-8-20-13;/h3-5,8,12,19H,2,6-7,9-11H2,1H3,(H,22,26);1H. The molecular weight excluding hydrogens is 384 g/mol. The SMILES string of the molecule is CCc1nc(CN2C(=O)NC(c3ccccn3)(C3CCNCC3)C2=O)no1.Cl. The van der Waals surface area contributed by atoms with Gasteiger partial charge in [-0.2, -0.15) is 4.98 Å². The number of aromatic nitrogens is 3. The summed E-state index contributed by atoms with van der Waals surface area (Å²) >= 11 is 0. The van der Waals surface area contributed by atoms with Crippen molar-refractivity contribution < 1.29 is 14.1 Å². The summed E-state index contributed by atoms with van der Waals surface area (Å²) in [5, 5.41) is 10.1. The number of carbonyl (C=O) groups is 2. The van der Waals surface area contributed by atoms with Crippen LogP contribution in [0.15, 0.2) is 28.9 Å². The number of carbonyl (C=O) groups excluding carboxylic acids is 2. The molecule has 3 amide bonds. The van der Waals surface area contributed by atoms with Crippen molar-refractivity contribution in [3.63, 3.8) is 0 Å². The number of rotatable bonds is 5. The number of halogens is 1. The molecule has 1 atom stereocenters. The first kappa shape index (κ1) is 20.2. The molecule has 2 aliphatic rings. The molecule has 0 bridgehead atoms. The molecular formula is C18H23ClN6O3. The average molecular weight is 407 g/mol. The quantitative estimate of drug-likeness (QED) is 0.721. The van der Waals surface area contributed by atoms with Crippen LogP contribution in [-0.4, -0.2) is 45.1 Å². The third-order valence-corrected chi connectivity index (χ3v) is 5.26. The molecule has 2 aromatic rings. The molecule has 28 heavy (non-hydrogen) atoms. The van der Waals surface area contributed by atoms with Crippen LogP contribution in [0.3, 0.4) is 0 Å². The van der Waals surface area contributed by atoms with E-state index in [0.717, 1.165) is 25.9 Å². The van der Waals surface area contributed by atoms with Crippen LogP contribution in [0.25, 0.3) is 0 Å². The monoisotopic (exact) mass is 406 g/mol. The minimum absolute atomic E-state index is 0. The van der Waals surface area contributed by atoms with Crippen molar-refractivity contribution in [2.75, 3.05) is 13.1 Å². The van der Waals surface area contributed by atoms with E-state index in [-0.39, 0.29) is 30.8 Å². The highest BCUT2D eigenvalue weighted by Gasteiger charge is 2.57. The zero-order chi connectivity index (χ0) is 18.9. The molecule has 0 radical (unpaired) electrons. The largest absolute Gasteiger partial charge is 0.339 e. The van der Waals surface area contributed by atoms with E-state index in [2.05, 4.69) is 25.8 Å². The van der Waals surface area contributed by atoms with Crippen molar-refractivity contribution in [1.82, 2.24) is 30.7 Å². The van der Waals surface area contributed by atoms with Crippen molar-refractivity contribution in [3.05, 3.63) is 41.8 Å². The first-order valence-corrected chi connectivity index (χ1v) is 9.23. The van der Waals surface area contributed by atoms with E-state index >= 15 is 0 Å². The molecule has 4 heterocycles. The number of urea groups is 1. The van der Waals surface area contributed by atoms with E-state index in [0.29, 0.717) is 23.8 Å². The first-order valence-electron chi connectivity index (χ1n) is 9.23. The van der Waals surface area contributed by atoms with E-state index < -0.39 is 11.6 Å².